The monoisotopic (exact) mass is 343 g/mol. The molecule has 0 atom stereocenters. The van der Waals surface area contributed by atoms with E-state index < -0.39 is 11.8 Å². The van der Waals surface area contributed by atoms with Crippen LogP contribution < -0.4 is 10.2 Å². The van der Waals surface area contributed by atoms with Crippen LogP contribution in [0.5, 0.6) is 0 Å². The Morgan fingerprint density at radius 1 is 0.875 bits per heavy atom. The Hall–Kier alpha value is -2.53. The summed E-state index contributed by atoms with van der Waals surface area (Å²) in [7, 11) is 0. The number of benzene rings is 2. The fourth-order valence-electron chi connectivity index (χ4n) is 2.67. The van der Waals surface area contributed by atoms with Gasteiger partial charge in [-0.05, 0) is 36.4 Å². The zero-order valence-corrected chi connectivity index (χ0v) is 13.9. The SMILES string of the molecule is O=C(Nc1ccc(Cl)cc1)C(=O)N1CCN(c2ccccc2)CC1. The highest BCUT2D eigenvalue weighted by molar-refractivity contribution is 6.39. The predicted molar refractivity (Wildman–Crippen MR) is 95.3 cm³/mol. The standard InChI is InChI=1S/C18H18ClN3O2/c19-14-6-8-15(9-7-14)20-17(23)18(24)22-12-10-21(11-13-22)16-4-2-1-3-5-16/h1-9H,10-13H2,(H,20,23). The van der Waals surface area contributed by atoms with Gasteiger partial charge in [-0.15, -0.1) is 0 Å². The van der Waals surface area contributed by atoms with Crippen LogP contribution in [0.3, 0.4) is 0 Å². The lowest BCUT2D eigenvalue weighted by atomic mass is 10.2. The lowest BCUT2D eigenvalue weighted by Gasteiger charge is -2.35. The van der Waals surface area contributed by atoms with Crippen molar-refractivity contribution < 1.29 is 9.59 Å². The van der Waals surface area contributed by atoms with Crippen LogP contribution in [0.1, 0.15) is 0 Å². The van der Waals surface area contributed by atoms with Gasteiger partial charge in [0.05, 0.1) is 0 Å². The van der Waals surface area contributed by atoms with Gasteiger partial charge in [0, 0.05) is 42.6 Å². The van der Waals surface area contributed by atoms with E-state index in [1.807, 2.05) is 30.3 Å². The molecule has 1 saturated heterocycles. The van der Waals surface area contributed by atoms with Gasteiger partial charge in [-0.3, -0.25) is 9.59 Å². The third kappa shape index (κ3) is 3.86. The van der Waals surface area contributed by atoms with Gasteiger partial charge in [0.2, 0.25) is 0 Å². The summed E-state index contributed by atoms with van der Waals surface area (Å²) < 4.78 is 0. The fraction of sp³-hybridized carbons (Fsp3) is 0.222. The van der Waals surface area contributed by atoms with Crippen LogP contribution in [-0.2, 0) is 9.59 Å². The topological polar surface area (TPSA) is 52.7 Å². The maximum Gasteiger partial charge on any atom is 0.313 e. The van der Waals surface area contributed by atoms with Crippen LogP contribution in [-0.4, -0.2) is 42.9 Å². The van der Waals surface area contributed by atoms with E-state index in [0.717, 1.165) is 5.69 Å². The molecule has 1 N–H and O–H groups in total. The molecule has 0 radical (unpaired) electrons. The van der Waals surface area contributed by atoms with Gasteiger partial charge >= 0.3 is 11.8 Å². The van der Waals surface area contributed by atoms with Crippen LogP contribution in [0.4, 0.5) is 11.4 Å². The number of carbonyl (C=O) groups is 2. The molecule has 0 aromatic heterocycles. The second kappa shape index (κ2) is 7.36. The van der Waals surface area contributed by atoms with E-state index in [-0.39, 0.29) is 0 Å². The van der Waals surface area contributed by atoms with E-state index in [1.54, 1.807) is 29.2 Å². The zero-order chi connectivity index (χ0) is 16.9. The van der Waals surface area contributed by atoms with Gasteiger partial charge in [0.25, 0.3) is 0 Å². The molecule has 124 valence electrons. The molecular weight excluding hydrogens is 326 g/mol. The van der Waals surface area contributed by atoms with E-state index in [0.29, 0.717) is 36.9 Å². The quantitative estimate of drug-likeness (QED) is 0.853. The molecule has 2 aromatic carbocycles. The Labute approximate surface area is 145 Å². The molecule has 0 bridgehead atoms. The Morgan fingerprint density at radius 2 is 1.50 bits per heavy atom. The number of halogens is 1. The van der Waals surface area contributed by atoms with Crippen molar-refractivity contribution in [3.8, 4) is 0 Å². The van der Waals surface area contributed by atoms with Gasteiger partial charge in [-0.1, -0.05) is 29.8 Å². The van der Waals surface area contributed by atoms with Gasteiger partial charge in [-0.2, -0.15) is 0 Å². The molecule has 2 amide bonds. The number of nitrogens with zero attached hydrogens (tertiary/aromatic N) is 2. The number of hydrogen-bond acceptors (Lipinski definition) is 3. The molecule has 1 aliphatic heterocycles. The minimum atomic E-state index is -0.620. The molecule has 0 spiro atoms. The maximum atomic E-state index is 12.3. The van der Waals surface area contributed by atoms with Crippen molar-refractivity contribution in [1.82, 2.24) is 4.90 Å². The second-order valence-corrected chi connectivity index (χ2v) is 6.01. The number of rotatable bonds is 2. The molecule has 0 aliphatic carbocycles. The summed E-state index contributed by atoms with van der Waals surface area (Å²) >= 11 is 5.80. The van der Waals surface area contributed by atoms with Gasteiger partial charge in [0.15, 0.2) is 0 Å². The summed E-state index contributed by atoms with van der Waals surface area (Å²) in [6.07, 6.45) is 0. The summed E-state index contributed by atoms with van der Waals surface area (Å²) in [5.41, 5.74) is 1.69. The average molecular weight is 344 g/mol. The van der Waals surface area contributed by atoms with Gasteiger partial charge < -0.3 is 15.1 Å². The van der Waals surface area contributed by atoms with Crippen LogP contribution >= 0.6 is 11.6 Å². The molecule has 1 fully saturated rings. The third-order valence-corrected chi connectivity index (χ3v) is 4.24. The minimum Gasteiger partial charge on any atom is -0.368 e. The lowest BCUT2D eigenvalue weighted by molar-refractivity contribution is -0.143. The Kier molecular flexibility index (Phi) is 5.01. The van der Waals surface area contributed by atoms with E-state index >= 15 is 0 Å². The molecule has 5 nitrogen and oxygen atoms in total. The number of nitrogens with one attached hydrogen (secondary N) is 1. The maximum absolute atomic E-state index is 12.3. The Balaban J connectivity index is 1.54. The normalized spacial score (nSPS) is 14.4. The van der Waals surface area contributed by atoms with Gasteiger partial charge in [-0.25, -0.2) is 0 Å². The Bertz CT molecular complexity index is 711. The zero-order valence-electron chi connectivity index (χ0n) is 13.1. The molecular formula is C18H18ClN3O2. The minimum absolute atomic E-state index is 0.502. The molecule has 2 aromatic rings. The summed E-state index contributed by atoms with van der Waals surface area (Å²) in [6, 6.07) is 16.7. The average Bonchev–Trinajstić information content (AvgIpc) is 2.64. The van der Waals surface area contributed by atoms with Crippen molar-refractivity contribution in [3.05, 3.63) is 59.6 Å². The molecule has 0 saturated carbocycles. The first-order valence-electron chi connectivity index (χ1n) is 7.79. The smallest absolute Gasteiger partial charge is 0.313 e. The molecule has 0 unspecified atom stereocenters. The van der Waals surface area contributed by atoms with E-state index in [1.165, 1.54) is 0 Å². The highest BCUT2D eigenvalue weighted by Crippen LogP contribution is 2.16. The lowest BCUT2D eigenvalue weighted by Crippen LogP contribution is -2.51. The van der Waals surface area contributed by atoms with Gasteiger partial charge in [0.1, 0.15) is 0 Å². The third-order valence-electron chi connectivity index (χ3n) is 3.98. The number of anilines is 2. The fourth-order valence-corrected chi connectivity index (χ4v) is 2.79. The molecule has 1 aliphatic rings. The molecule has 6 heteroatoms. The number of amides is 2. The van der Waals surface area contributed by atoms with Crippen molar-refractivity contribution in [3.63, 3.8) is 0 Å². The Morgan fingerprint density at radius 3 is 2.12 bits per heavy atom. The van der Waals surface area contributed by atoms with Crippen LogP contribution in [0.25, 0.3) is 0 Å². The number of para-hydroxylation sites is 1. The molecule has 24 heavy (non-hydrogen) atoms. The van der Waals surface area contributed by atoms with E-state index in [2.05, 4.69) is 10.2 Å². The summed E-state index contributed by atoms with van der Waals surface area (Å²) in [6.45, 7) is 2.48. The first-order valence-corrected chi connectivity index (χ1v) is 8.17. The van der Waals surface area contributed by atoms with Crippen LogP contribution in [0.2, 0.25) is 5.02 Å². The van der Waals surface area contributed by atoms with Crippen molar-refractivity contribution in [2.45, 2.75) is 0 Å². The second-order valence-electron chi connectivity index (χ2n) is 5.58. The summed E-state index contributed by atoms with van der Waals surface area (Å²) in [5, 5.41) is 3.19. The number of piperazine rings is 1. The summed E-state index contributed by atoms with van der Waals surface area (Å²) in [5.74, 6) is -1.12. The molecule has 3 rings (SSSR count). The van der Waals surface area contributed by atoms with Crippen molar-refractivity contribution in [2.75, 3.05) is 36.4 Å². The van der Waals surface area contributed by atoms with Crippen molar-refractivity contribution >= 4 is 34.8 Å². The van der Waals surface area contributed by atoms with Crippen molar-refractivity contribution in [1.29, 1.82) is 0 Å². The number of hydrogen-bond donors (Lipinski definition) is 1. The largest absolute Gasteiger partial charge is 0.368 e. The first-order chi connectivity index (χ1) is 11.6. The summed E-state index contributed by atoms with van der Waals surface area (Å²) in [4.78, 5) is 28.2. The van der Waals surface area contributed by atoms with E-state index in [9.17, 15) is 9.59 Å². The highest BCUT2D eigenvalue weighted by atomic mass is 35.5. The highest BCUT2D eigenvalue weighted by Gasteiger charge is 2.26. The molecule has 1 heterocycles. The number of carbonyl (C=O) groups excluding carboxylic acids is 2. The van der Waals surface area contributed by atoms with E-state index in [4.69, 9.17) is 11.6 Å². The van der Waals surface area contributed by atoms with Crippen LogP contribution in [0.15, 0.2) is 54.6 Å². The predicted octanol–water partition coefficient (Wildman–Crippen LogP) is 2.63. The van der Waals surface area contributed by atoms with Crippen molar-refractivity contribution in [2.24, 2.45) is 0 Å². The first kappa shape index (κ1) is 16.3. The van der Waals surface area contributed by atoms with Crippen LogP contribution in [0, 0.1) is 0 Å².